The molecule has 1 amide bonds. The summed E-state index contributed by atoms with van der Waals surface area (Å²) in [5.74, 6) is 0.790. The molecule has 0 radical (unpaired) electrons. The molecule has 0 atom stereocenters. The van der Waals surface area contributed by atoms with E-state index in [1.54, 1.807) is 31.3 Å². The van der Waals surface area contributed by atoms with Gasteiger partial charge in [-0.2, -0.15) is 9.29 Å². The number of hydrogen-bond donors (Lipinski definition) is 1. The Bertz CT molecular complexity index is 1070. The van der Waals surface area contributed by atoms with Crippen molar-refractivity contribution in [1.82, 2.24) is 19.8 Å². The third kappa shape index (κ3) is 5.32. The third-order valence-electron chi connectivity index (χ3n) is 4.59. The molecule has 0 aliphatic carbocycles. The van der Waals surface area contributed by atoms with Crippen LogP contribution >= 0.6 is 11.3 Å². The quantitative estimate of drug-likeness (QED) is 0.539. The standard InChI is InChI=1S/C20H24N4O4S2/c1-14(2)24(3)30(26,27)16-8-6-15(7-9-16)13-21-18(25)10-11-19-22-20(23-28-19)17-5-4-12-29-17/h4-9,12,14H,10-11,13H2,1-3H3,(H,21,25). The van der Waals surface area contributed by atoms with Crippen LogP contribution in [0.25, 0.3) is 10.7 Å². The zero-order valence-electron chi connectivity index (χ0n) is 17.0. The zero-order chi connectivity index (χ0) is 21.7. The minimum Gasteiger partial charge on any atom is -0.352 e. The van der Waals surface area contributed by atoms with Crippen LogP contribution in [0.1, 0.15) is 31.7 Å². The second-order valence-electron chi connectivity index (χ2n) is 7.02. The second-order valence-corrected chi connectivity index (χ2v) is 9.97. The monoisotopic (exact) mass is 448 g/mol. The average Bonchev–Trinajstić information content (AvgIpc) is 3.42. The van der Waals surface area contributed by atoms with Crippen molar-refractivity contribution >= 4 is 27.3 Å². The van der Waals surface area contributed by atoms with Crippen LogP contribution in [0, 0.1) is 0 Å². The van der Waals surface area contributed by atoms with E-state index in [9.17, 15) is 13.2 Å². The Labute approximate surface area is 180 Å². The maximum Gasteiger partial charge on any atom is 0.243 e. The molecule has 0 saturated carbocycles. The third-order valence-corrected chi connectivity index (χ3v) is 7.51. The van der Waals surface area contributed by atoms with E-state index in [0.29, 0.717) is 24.7 Å². The Balaban J connectivity index is 1.49. The number of benzene rings is 1. The van der Waals surface area contributed by atoms with E-state index in [4.69, 9.17) is 4.52 Å². The molecule has 1 aromatic carbocycles. The first kappa shape index (κ1) is 22.1. The SMILES string of the molecule is CC(C)N(C)S(=O)(=O)c1ccc(CNC(=O)CCc2nc(-c3cccs3)no2)cc1. The average molecular weight is 449 g/mol. The number of hydrogen-bond acceptors (Lipinski definition) is 7. The van der Waals surface area contributed by atoms with Gasteiger partial charge in [-0.1, -0.05) is 23.4 Å². The number of aromatic nitrogens is 2. The van der Waals surface area contributed by atoms with E-state index >= 15 is 0 Å². The van der Waals surface area contributed by atoms with Crippen molar-refractivity contribution < 1.29 is 17.7 Å². The molecular formula is C20H24N4O4S2. The fourth-order valence-electron chi connectivity index (χ4n) is 2.59. The van der Waals surface area contributed by atoms with Gasteiger partial charge in [-0.05, 0) is 43.0 Å². The molecule has 0 unspecified atom stereocenters. The van der Waals surface area contributed by atoms with E-state index in [2.05, 4.69) is 15.5 Å². The lowest BCUT2D eigenvalue weighted by atomic mass is 10.2. The normalized spacial score (nSPS) is 11.9. The summed E-state index contributed by atoms with van der Waals surface area (Å²) < 4.78 is 31.5. The molecule has 2 aromatic heterocycles. The summed E-state index contributed by atoms with van der Waals surface area (Å²) in [5, 5.41) is 8.67. The van der Waals surface area contributed by atoms with Crippen LogP contribution in [0.4, 0.5) is 0 Å². The second kappa shape index (κ2) is 9.50. The van der Waals surface area contributed by atoms with Crippen molar-refractivity contribution in [3.8, 4) is 10.7 Å². The highest BCUT2D eigenvalue weighted by Crippen LogP contribution is 2.21. The Morgan fingerprint density at radius 1 is 1.23 bits per heavy atom. The van der Waals surface area contributed by atoms with E-state index < -0.39 is 10.0 Å². The predicted octanol–water partition coefficient (Wildman–Crippen LogP) is 3.08. The summed E-state index contributed by atoms with van der Waals surface area (Å²) in [6.07, 6.45) is 0.570. The largest absolute Gasteiger partial charge is 0.352 e. The van der Waals surface area contributed by atoms with Gasteiger partial charge in [0.2, 0.25) is 27.6 Å². The van der Waals surface area contributed by atoms with Crippen LogP contribution in [-0.4, -0.2) is 41.9 Å². The summed E-state index contributed by atoms with van der Waals surface area (Å²) in [7, 11) is -1.96. The molecule has 0 saturated heterocycles. The predicted molar refractivity (Wildman–Crippen MR) is 114 cm³/mol. The van der Waals surface area contributed by atoms with Gasteiger partial charge in [0.25, 0.3) is 0 Å². The molecule has 0 bridgehead atoms. The lowest BCUT2D eigenvalue weighted by Gasteiger charge is -2.21. The van der Waals surface area contributed by atoms with E-state index in [1.807, 2.05) is 31.4 Å². The summed E-state index contributed by atoms with van der Waals surface area (Å²) in [4.78, 5) is 17.6. The number of aryl methyl sites for hydroxylation is 1. The van der Waals surface area contributed by atoms with Gasteiger partial charge < -0.3 is 9.84 Å². The van der Waals surface area contributed by atoms with E-state index in [-0.39, 0.29) is 23.3 Å². The molecule has 0 fully saturated rings. The van der Waals surface area contributed by atoms with Crippen molar-refractivity contribution in [2.24, 2.45) is 0 Å². The van der Waals surface area contributed by atoms with Crippen LogP contribution in [-0.2, 0) is 27.8 Å². The maximum absolute atomic E-state index is 12.5. The summed E-state index contributed by atoms with van der Waals surface area (Å²) in [6.45, 7) is 3.95. The minimum absolute atomic E-state index is 0.130. The molecule has 0 aliphatic rings. The number of nitrogens with zero attached hydrogens (tertiary/aromatic N) is 3. The van der Waals surface area contributed by atoms with Gasteiger partial charge in [-0.3, -0.25) is 4.79 Å². The lowest BCUT2D eigenvalue weighted by Crippen LogP contribution is -2.33. The van der Waals surface area contributed by atoms with Crippen LogP contribution in [0.3, 0.4) is 0 Å². The Kier molecular flexibility index (Phi) is 7.01. The smallest absolute Gasteiger partial charge is 0.243 e. The van der Waals surface area contributed by atoms with Crippen molar-refractivity contribution in [2.75, 3.05) is 7.05 Å². The minimum atomic E-state index is -3.52. The first-order valence-electron chi connectivity index (χ1n) is 9.47. The van der Waals surface area contributed by atoms with Gasteiger partial charge in [0.1, 0.15) is 0 Å². The van der Waals surface area contributed by atoms with Gasteiger partial charge in [0.05, 0.1) is 9.77 Å². The topological polar surface area (TPSA) is 105 Å². The maximum atomic E-state index is 12.5. The molecule has 0 aliphatic heterocycles. The van der Waals surface area contributed by atoms with Crippen molar-refractivity contribution in [2.45, 2.75) is 44.2 Å². The fourth-order valence-corrected chi connectivity index (χ4v) is 4.61. The summed E-state index contributed by atoms with van der Waals surface area (Å²) in [5.41, 5.74) is 0.812. The molecule has 160 valence electrons. The first-order valence-corrected chi connectivity index (χ1v) is 11.8. The molecule has 0 spiro atoms. The summed E-state index contributed by atoms with van der Waals surface area (Å²) >= 11 is 1.52. The highest BCUT2D eigenvalue weighted by atomic mass is 32.2. The van der Waals surface area contributed by atoms with Crippen LogP contribution in [0.2, 0.25) is 0 Å². The Morgan fingerprint density at radius 3 is 2.60 bits per heavy atom. The number of rotatable bonds is 9. The van der Waals surface area contributed by atoms with Crippen LogP contribution in [0.5, 0.6) is 0 Å². The Morgan fingerprint density at radius 2 is 1.97 bits per heavy atom. The molecule has 10 heteroatoms. The van der Waals surface area contributed by atoms with Gasteiger partial charge >= 0.3 is 0 Å². The number of sulfonamides is 1. The van der Waals surface area contributed by atoms with Crippen LogP contribution < -0.4 is 5.32 Å². The van der Waals surface area contributed by atoms with Gasteiger partial charge in [-0.25, -0.2) is 8.42 Å². The number of carbonyl (C=O) groups excluding carboxylic acids is 1. The van der Waals surface area contributed by atoms with E-state index in [0.717, 1.165) is 10.4 Å². The highest BCUT2D eigenvalue weighted by Gasteiger charge is 2.22. The molecule has 30 heavy (non-hydrogen) atoms. The van der Waals surface area contributed by atoms with Crippen molar-refractivity contribution in [3.05, 3.63) is 53.2 Å². The number of thiophene rings is 1. The lowest BCUT2D eigenvalue weighted by molar-refractivity contribution is -0.121. The molecule has 3 aromatic rings. The van der Waals surface area contributed by atoms with Crippen molar-refractivity contribution in [3.63, 3.8) is 0 Å². The molecular weight excluding hydrogens is 424 g/mol. The number of carbonyl (C=O) groups is 1. The highest BCUT2D eigenvalue weighted by molar-refractivity contribution is 7.89. The molecule has 2 heterocycles. The molecule has 1 N–H and O–H groups in total. The molecule has 3 rings (SSSR count). The number of amides is 1. The van der Waals surface area contributed by atoms with Gasteiger partial charge in [0, 0.05) is 32.5 Å². The Hall–Kier alpha value is -2.56. The van der Waals surface area contributed by atoms with Gasteiger partial charge in [-0.15, -0.1) is 11.3 Å². The fraction of sp³-hybridized carbons (Fsp3) is 0.350. The van der Waals surface area contributed by atoms with Gasteiger partial charge in [0.15, 0.2) is 0 Å². The molecule has 8 nitrogen and oxygen atoms in total. The zero-order valence-corrected chi connectivity index (χ0v) is 18.7. The van der Waals surface area contributed by atoms with E-state index in [1.165, 1.54) is 15.6 Å². The van der Waals surface area contributed by atoms with Crippen molar-refractivity contribution in [1.29, 1.82) is 0 Å². The van der Waals surface area contributed by atoms with Crippen LogP contribution in [0.15, 0.2) is 51.2 Å². The first-order chi connectivity index (χ1) is 14.3. The number of nitrogens with one attached hydrogen (secondary N) is 1. The summed E-state index contributed by atoms with van der Waals surface area (Å²) in [6, 6.07) is 10.2.